The zero-order chi connectivity index (χ0) is 15.0. The van der Waals surface area contributed by atoms with Crippen LogP contribution in [0, 0.1) is 0 Å². The Morgan fingerprint density at radius 3 is 2.71 bits per heavy atom. The molecule has 4 nitrogen and oxygen atoms in total. The maximum absolute atomic E-state index is 11.1. The predicted octanol–water partition coefficient (Wildman–Crippen LogP) is 2.42. The fraction of sp³-hybridized carbons (Fsp3) is 0.562. The molecule has 1 saturated heterocycles. The molecule has 3 rings (SSSR count). The maximum atomic E-state index is 11.1. The van der Waals surface area contributed by atoms with Gasteiger partial charge in [0.25, 0.3) is 0 Å². The number of rotatable bonds is 3. The van der Waals surface area contributed by atoms with Crippen LogP contribution in [0.5, 0.6) is 0 Å². The highest BCUT2D eigenvalue weighted by molar-refractivity contribution is 6.30. The first-order chi connectivity index (χ1) is 10.1. The van der Waals surface area contributed by atoms with Crippen LogP contribution in [0.3, 0.4) is 0 Å². The van der Waals surface area contributed by atoms with Crippen molar-refractivity contribution in [1.82, 2.24) is 9.80 Å². The predicted molar refractivity (Wildman–Crippen MR) is 82.8 cm³/mol. The molecule has 0 amide bonds. The molecule has 0 spiro atoms. The number of carboxylic acids is 1. The molecule has 2 atom stereocenters. The Hall–Kier alpha value is -1.10. The lowest BCUT2D eigenvalue weighted by molar-refractivity contribution is -0.143. The van der Waals surface area contributed by atoms with Crippen molar-refractivity contribution in [2.24, 2.45) is 0 Å². The van der Waals surface area contributed by atoms with E-state index in [1.165, 1.54) is 11.1 Å². The lowest BCUT2D eigenvalue weighted by Gasteiger charge is -2.39. The summed E-state index contributed by atoms with van der Waals surface area (Å²) in [5.74, 6) is -0.732. The van der Waals surface area contributed by atoms with Gasteiger partial charge >= 0.3 is 5.97 Å². The highest BCUT2D eigenvalue weighted by Gasteiger charge is 2.32. The average Bonchev–Trinajstić information content (AvgIpc) is 2.89. The summed E-state index contributed by atoms with van der Waals surface area (Å²) in [5.41, 5.74) is 2.77. The van der Waals surface area contributed by atoms with E-state index in [0.29, 0.717) is 6.04 Å². The van der Waals surface area contributed by atoms with Gasteiger partial charge in [0.2, 0.25) is 0 Å². The number of nitrogens with zero attached hydrogens (tertiary/aromatic N) is 2. The summed E-state index contributed by atoms with van der Waals surface area (Å²) in [6.07, 6.45) is 2.23. The van der Waals surface area contributed by atoms with Crippen molar-refractivity contribution < 1.29 is 9.90 Å². The third kappa shape index (κ3) is 2.93. The summed E-state index contributed by atoms with van der Waals surface area (Å²) in [4.78, 5) is 15.6. The van der Waals surface area contributed by atoms with Crippen molar-refractivity contribution in [2.75, 3.05) is 26.2 Å². The molecule has 1 aliphatic carbocycles. The van der Waals surface area contributed by atoms with E-state index >= 15 is 0 Å². The smallest absolute Gasteiger partial charge is 0.320 e. The van der Waals surface area contributed by atoms with Crippen LogP contribution in [0.4, 0.5) is 0 Å². The average molecular weight is 309 g/mol. The molecule has 1 aromatic rings. The maximum Gasteiger partial charge on any atom is 0.320 e. The second-order valence-corrected chi connectivity index (χ2v) is 6.42. The summed E-state index contributed by atoms with van der Waals surface area (Å²) in [5, 5.41) is 9.91. The van der Waals surface area contributed by atoms with Gasteiger partial charge in [-0.1, -0.05) is 17.7 Å². The minimum absolute atomic E-state index is 0.387. The van der Waals surface area contributed by atoms with Gasteiger partial charge in [-0.25, -0.2) is 0 Å². The first kappa shape index (κ1) is 14.8. The largest absolute Gasteiger partial charge is 0.480 e. The van der Waals surface area contributed by atoms with Gasteiger partial charge in [-0.3, -0.25) is 14.6 Å². The van der Waals surface area contributed by atoms with Crippen LogP contribution in [0.1, 0.15) is 30.5 Å². The number of halogens is 1. The molecule has 0 aromatic heterocycles. The molecule has 114 valence electrons. The molecule has 5 heteroatoms. The van der Waals surface area contributed by atoms with E-state index in [-0.39, 0.29) is 6.04 Å². The summed E-state index contributed by atoms with van der Waals surface area (Å²) in [6.45, 7) is 5.29. The van der Waals surface area contributed by atoms with Gasteiger partial charge in [-0.15, -0.1) is 0 Å². The molecule has 1 heterocycles. The molecule has 1 aliphatic heterocycles. The third-order valence-electron chi connectivity index (χ3n) is 4.85. The highest BCUT2D eigenvalue weighted by Crippen LogP contribution is 2.37. The van der Waals surface area contributed by atoms with Crippen LogP contribution in [0.25, 0.3) is 0 Å². The molecule has 2 unspecified atom stereocenters. The van der Waals surface area contributed by atoms with Crippen LogP contribution in [-0.2, 0) is 11.2 Å². The first-order valence-corrected chi connectivity index (χ1v) is 7.93. The lowest BCUT2D eigenvalue weighted by Crippen LogP contribution is -2.52. The zero-order valence-electron chi connectivity index (χ0n) is 12.3. The quantitative estimate of drug-likeness (QED) is 0.931. The van der Waals surface area contributed by atoms with Gasteiger partial charge in [0, 0.05) is 37.2 Å². The molecule has 2 aliphatic rings. The monoisotopic (exact) mass is 308 g/mol. The van der Waals surface area contributed by atoms with Crippen LogP contribution in [-0.4, -0.2) is 53.1 Å². The van der Waals surface area contributed by atoms with Crippen molar-refractivity contribution in [3.63, 3.8) is 0 Å². The molecule has 21 heavy (non-hydrogen) atoms. The van der Waals surface area contributed by atoms with Crippen molar-refractivity contribution in [1.29, 1.82) is 0 Å². The Morgan fingerprint density at radius 1 is 1.33 bits per heavy atom. The SMILES string of the molecule is CC(C(=O)O)N1CCN(C2CCc3cc(Cl)ccc32)CC1. The summed E-state index contributed by atoms with van der Waals surface area (Å²) >= 11 is 6.06. The van der Waals surface area contributed by atoms with Crippen LogP contribution in [0.2, 0.25) is 5.02 Å². The topological polar surface area (TPSA) is 43.8 Å². The molecule has 0 saturated carbocycles. The highest BCUT2D eigenvalue weighted by atomic mass is 35.5. The molecular formula is C16H21ClN2O2. The van der Waals surface area contributed by atoms with E-state index in [9.17, 15) is 4.79 Å². The van der Waals surface area contributed by atoms with E-state index in [0.717, 1.165) is 44.0 Å². The van der Waals surface area contributed by atoms with E-state index in [4.69, 9.17) is 16.7 Å². The first-order valence-electron chi connectivity index (χ1n) is 7.55. The standard InChI is InChI=1S/C16H21ClN2O2/c1-11(16(20)21)18-6-8-19(9-7-18)15-5-2-12-10-13(17)3-4-14(12)15/h3-4,10-11,15H,2,5-9H2,1H3,(H,20,21). The molecule has 0 bridgehead atoms. The Labute approximate surface area is 130 Å². The van der Waals surface area contributed by atoms with Crippen molar-refractivity contribution >= 4 is 17.6 Å². The van der Waals surface area contributed by atoms with E-state index in [1.807, 2.05) is 6.07 Å². The molecule has 1 aromatic carbocycles. The summed E-state index contributed by atoms with van der Waals surface area (Å²) < 4.78 is 0. The number of hydrogen-bond acceptors (Lipinski definition) is 3. The molecule has 1 fully saturated rings. The number of benzene rings is 1. The Morgan fingerprint density at radius 2 is 2.05 bits per heavy atom. The van der Waals surface area contributed by atoms with Gasteiger partial charge in [0.1, 0.15) is 6.04 Å². The van der Waals surface area contributed by atoms with Crippen molar-refractivity contribution in [3.05, 3.63) is 34.3 Å². The minimum atomic E-state index is -0.732. The lowest BCUT2D eigenvalue weighted by atomic mass is 10.1. The van der Waals surface area contributed by atoms with E-state index < -0.39 is 5.97 Å². The number of aryl methyl sites for hydroxylation is 1. The van der Waals surface area contributed by atoms with Crippen LogP contribution < -0.4 is 0 Å². The Kier molecular flexibility index (Phi) is 4.20. The number of fused-ring (bicyclic) bond motifs is 1. The number of aliphatic carboxylic acids is 1. The van der Waals surface area contributed by atoms with Gasteiger partial charge in [-0.05, 0) is 43.0 Å². The van der Waals surface area contributed by atoms with Crippen molar-refractivity contribution in [3.8, 4) is 0 Å². The fourth-order valence-electron chi connectivity index (χ4n) is 3.54. The molecule has 0 radical (unpaired) electrons. The minimum Gasteiger partial charge on any atom is -0.480 e. The number of carbonyl (C=O) groups is 1. The van der Waals surface area contributed by atoms with Crippen molar-refractivity contribution in [2.45, 2.75) is 31.8 Å². The fourth-order valence-corrected chi connectivity index (χ4v) is 3.73. The van der Waals surface area contributed by atoms with E-state index in [2.05, 4.69) is 21.9 Å². The Bertz CT molecular complexity index is 541. The second kappa shape index (κ2) is 5.95. The normalized spacial score (nSPS) is 24.8. The number of carboxylic acid groups (broad SMARTS) is 1. The third-order valence-corrected chi connectivity index (χ3v) is 5.08. The number of piperazine rings is 1. The summed E-state index contributed by atoms with van der Waals surface area (Å²) in [6, 6.07) is 6.30. The van der Waals surface area contributed by atoms with Crippen LogP contribution >= 0.6 is 11.6 Å². The van der Waals surface area contributed by atoms with Gasteiger partial charge in [0.05, 0.1) is 0 Å². The second-order valence-electron chi connectivity index (χ2n) is 5.98. The zero-order valence-corrected chi connectivity index (χ0v) is 13.0. The molecule has 1 N–H and O–H groups in total. The Balaban J connectivity index is 1.65. The number of hydrogen-bond donors (Lipinski definition) is 1. The van der Waals surface area contributed by atoms with Crippen LogP contribution in [0.15, 0.2) is 18.2 Å². The van der Waals surface area contributed by atoms with Gasteiger partial charge < -0.3 is 5.11 Å². The van der Waals surface area contributed by atoms with Gasteiger partial charge in [-0.2, -0.15) is 0 Å². The summed E-state index contributed by atoms with van der Waals surface area (Å²) in [7, 11) is 0. The van der Waals surface area contributed by atoms with E-state index in [1.54, 1.807) is 6.92 Å². The van der Waals surface area contributed by atoms with Gasteiger partial charge in [0.15, 0.2) is 0 Å². The molecular weight excluding hydrogens is 288 g/mol.